The van der Waals surface area contributed by atoms with Crippen LogP contribution in [0.15, 0.2) is 36.2 Å². The Bertz CT molecular complexity index is 189. The van der Waals surface area contributed by atoms with Gasteiger partial charge < -0.3 is 5.32 Å². The van der Waals surface area contributed by atoms with Crippen molar-refractivity contribution in [1.82, 2.24) is 5.32 Å². The van der Waals surface area contributed by atoms with E-state index >= 15 is 0 Å². The average Bonchev–Trinajstić information content (AvgIpc) is 2.13. The van der Waals surface area contributed by atoms with Gasteiger partial charge in [-0.15, -0.1) is 0 Å². The maximum absolute atomic E-state index is 10.1. The van der Waals surface area contributed by atoms with Crippen molar-refractivity contribution < 1.29 is 4.79 Å². The summed E-state index contributed by atoms with van der Waals surface area (Å²) in [7, 11) is 0. The zero-order valence-electron chi connectivity index (χ0n) is 4.87. The molecule has 0 aromatic heterocycles. The van der Waals surface area contributed by atoms with Gasteiger partial charge in [-0.05, 0) is 12.2 Å². The van der Waals surface area contributed by atoms with E-state index in [2.05, 4.69) is 5.32 Å². The fourth-order valence-corrected chi connectivity index (χ4v) is 0.545. The van der Waals surface area contributed by atoms with Gasteiger partial charge in [-0.25, -0.2) is 0 Å². The molecule has 0 saturated heterocycles. The van der Waals surface area contributed by atoms with Crippen molar-refractivity contribution in [2.24, 2.45) is 0 Å². The lowest BCUT2D eigenvalue weighted by Gasteiger charge is -1.91. The molecule has 46 valence electrons. The van der Waals surface area contributed by atoms with Crippen molar-refractivity contribution in [2.75, 3.05) is 0 Å². The summed E-state index contributed by atoms with van der Waals surface area (Å²) < 4.78 is 0. The number of hydrogen-bond donors (Lipinski definition) is 1. The summed E-state index contributed by atoms with van der Waals surface area (Å²) in [6.07, 6.45) is 9.69. The van der Waals surface area contributed by atoms with Gasteiger partial charge in [0.15, 0.2) is 6.29 Å². The van der Waals surface area contributed by atoms with E-state index in [0.29, 0.717) is 5.70 Å². The highest BCUT2D eigenvalue weighted by Gasteiger charge is 1.87. The lowest BCUT2D eigenvalue weighted by atomic mass is 10.4. The topological polar surface area (TPSA) is 29.1 Å². The average molecular weight is 121 g/mol. The summed E-state index contributed by atoms with van der Waals surface area (Å²) in [6.45, 7) is 0. The van der Waals surface area contributed by atoms with Gasteiger partial charge in [-0.3, -0.25) is 4.79 Å². The Labute approximate surface area is 53.6 Å². The predicted molar refractivity (Wildman–Crippen MR) is 35.6 cm³/mol. The van der Waals surface area contributed by atoms with Gasteiger partial charge in [-0.2, -0.15) is 0 Å². The summed E-state index contributed by atoms with van der Waals surface area (Å²) in [4.78, 5) is 10.1. The van der Waals surface area contributed by atoms with Crippen molar-refractivity contribution in [1.29, 1.82) is 0 Å². The molecule has 0 spiro atoms. The molecule has 1 aliphatic rings. The quantitative estimate of drug-likeness (QED) is 0.518. The lowest BCUT2D eigenvalue weighted by Crippen LogP contribution is -2.03. The van der Waals surface area contributed by atoms with Crippen LogP contribution in [0, 0.1) is 0 Å². The maximum atomic E-state index is 10.1. The largest absolute Gasteiger partial charge is 0.359 e. The van der Waals surface area contributed by atoms with Crippen LogP contribution in [-0.2, 0) is 4.79 Å². The first-order chi connectivity index (χ1) is 4.43. The summed E-state index contributed by atoms with van der Waals surface area (Å²) >= 11 is 0. The molecule has 0 amide bonds. The number of nitrogens with one attached hydrogen (secondary N) is 1. The van der Waals surface area contributed by atoms with Crippen LogP contribution < -0.4 is 5.32 Å². The van der Waals surface area contributed by atoms with Gasteiger partial charge in [0.1, 0.15) is 0 Å². The Hall–Kier alpha value is -1.31. The molecule has 0 saturated carbocycles. The molecule has 1 rings (SSSR count). The molecule has 0 aromatic rings. The lowest BCUT2D eigenvalue weighted by molar-refractivity contribution is -0.105. The molecule has 0 unspecified atom stereocenters. The highest BCUT2D eigenvalue weighted by molar-refractivity contribution is 5.73. The predicted octanol–water partition coefficient (Wildman–Crippen LogP) is 0.742. The van der Waals surface area contributed by atoms with Crippen molar-refractivity contribution in [3.63, 3.8) is 0 Å². The Morgan fingerprint density at radius 2 is 2.22 bits per heavy atom. The highest BCUT2D eigenvalue weighted by Crippen LogP contribution is 1.90. The van der Waals surface area contributed by atoms with Gasteiger partial charge in [0.05, 0.1) is 5.70 Å². The van der Waals surface area contributed by atoms with Gasteiger partial charge in [0, 0.05) is 6.20 Å². The number of aldehydes is 1. The number of carbonyl (C=O) groups excluding carboxylic acids is 1. The van der Waals surface area contributed by atoms with E-state index in [1.807, 2.05) is 12.2 Å². The van der Waals surface area contributed by atoms with Crippen LogP contribution in [0.1, 0.15) is 0 Å². The van der Waals surface area contributed by atoms with Gasteiger partial charge in [0.25, 0.3) is 0 Å². The molecular formula is C7H7NO. The second-order valence-electron chi connectivity index (χ2n) is 1.63. The van der Waals surface area contributed by atoms with E-state index in [-0.39, 0.29) is 0 Å². The minimum absolute atomic E-state index is 0.583. The SMILES string of the molecule is O=CC1=CC=CC=CN1. The summed E-state index contributed by atoms with van der Waals surface area (Å²) in [5.41, 5.74) is 0.583. The molecule has 2 nitrogen and oxygen atoms in total. The molecule has 9 heavy (non-hydrogen) atoms. The number of allylic oxidation sites excluding steroid dienone is 5. The van der Waals surface area contributed by atoms with Crippen LogP contribution in [0.25, 0.3) is 0 Å². The summed E-state index contributed by atoms with van der Waals surface area (Å²) in [6, 6.07) is 0. The molecule has 0 aromatic carbocycles. The van der Waals surface area contributed by atoms with Crippen LogP contribution in [0.3, 0.4) is 0 Å². The first kappa shape index (κ1) is 5.82. The van der Waals surface area contributed by atoms with E-state index in [0.717, 1.165) is 6.29 Å². The normalized spacial score (nSPS) is 15.8. The maximum Gasteiger partial charge on any atom is 0.166 e. The van der Waals surface area contributed by atoms with Crippen molar-refractivity contribution in [3.05, 3.63) is 36.2 Å². The van der Waals surface area contributed by atoms with E-state index in [4.69, 9.17) is 0 Å². The van der Waals surface area contributed by atoms with E-state index in [9.17, 15) is 4.79 Å². The smallest absolute Gasteiger partial charge is 0.166 e. The van der Waals surface area contributed by atoms with Crippen molar-refractivity contribution >= 4 is 6.29 Å². The third kappa shape index (κ3) is 1.57. The zero-order chi connectivity index (χ0) is 6.53. The van der Waals surface area contributed by atoms with Crippen molar-refractivity contribution in [3.8, 4) is 0 Å². The molecule has 0 atom stereocenters. The third-order valence-electron chi connectivity index (χ3n) is 0.971. The Morgan fingerprint density at radius 3 is 3.00 bits per heavy atom. The molecule has 0 radical (unpaired) electrons. The number of hydrogen-bond acceptors (Lipinski definition) is 2. The van der Waals surface area contributed by atoms with Gasteiger partial charge in [0.2, 0.25) is 0 Å². The Morgan fingerprint density at radius 1 is 1.33 bits per heavy atom. The fraction of sp³-hybridized carbons (Fsp3) is 0. The monoisotopic (exact) mass is 121 g/mol. The molecular weight excluding hydrogens is 114 g/mol. The van der Waals surface area contributed by atoms with Gasteiger partial charge in [-0.1, -0.05) is 12.2 Å². The Kier molecular flexibility index (Phi) is 1.85. The number of carbonyl (C=O) groups is 1. The second-order valence-corrected chi connectivity index (χ2v) is 1.63. The zero-order valence-corrected chi connectivity index (χ0v) is 4.87. The standard InChI is InChI=1S/C7H7NO/c9-6-7-4-2-1-3-5-8-7/h1-6,8H. The van der Waals surface area contributed by atoms with Crippen LogP contribution in [0.4, 0.5) is 0 Å². The second kappa shape index (κ2) is 2.87. The molecule has 0 bridgehead atoms. The molecule has 2 heteroatoms. The molecule has 1 aliphatic heterocycles. The van der Waals surface area contributed by atoms with E-state index < -0.39 is 0 Å². The third-order valence-corrected chi connectivity index (χ3v) is 0.971. The summed E-state index contributed by atoms with van der Waals surface area (Å²) in [5, 5.41) is 2.78. The number of rotatable bonds is 1. The van der Waals surface area contributed by atoms with E-state index in [1.165, 1.54) is 0 Å². The molecule has 1 N–H and O–H groups in total. The first-order valence-corrected chi connectivity index (χ1v) is 2.69. The van der Waals surface area contributed by atoms with E-state index in [1.54, 1.807) is 18.4 Å². The fourth-order valence-electron chi connectivity index (χ4n) is 0.545. The minimum Gasteiger partial charge on any atom is -0.359 e. The highest BCUT2D eigenvalue weighted by atomic mass is 16.1. The molecule has 0 aliphatic carbocycles. The molecule has 0 fully saturated rings. The van der Waals surface area contributed by atoms with Crippen LogP contribution in [-0.4, -0.2) is 6.29 Å². The first-order valence-electron chi connectivity index (χ1n) is 2.69. The van der Waals surface area contributed by atoms with Crippen LogP contribution in [0.2, 0.25) is 0 Å². The van der Waals surface area contributed by atoms with Crippen LogP contribution in [0.5, 0.6) is 0 Å². The van der Waals surface area contributed by atoms with Crippen LogP contribution >= 0.6 is 0 Å². The van der Waals surface area contributed by atoms with Crippen molar-refractivity contribution in [2.45, 2.75) is 0 Å². The Balaban J connectivity index is 2.73. The minimum atomic E-state index is 0.583. The molecule has 1 heterocycles. The van der Waals surface area contributed by atoms with Gasteiger partial charge >= 0.3 is 0 Å². The summed E-state index contributed by atoms with van der Waals surface area (Å²) in [5.74, 6) is 0.